The first-order valence-electron chi connectivity index (χ1n) is 8.65. The van der Waals surface area contributed by atoms with Gasteiger partial charge in [0.25, 0.3) is 0 Å². The summed E-state index contributed by atoms with van der Waals surface area (Å²) in [5.74, 6) is 0.281. The van der Waals surface area contributed by atoms with Crippen LogP contribution in [0.4, 0.5) is 0 Å². The van der Waals surface area contributed by atoms with Gasteiger partial charge < -0.3 is 19.7 Å². The summed E-state index contributed by atoms with van der Waals surface area (Å²) in [7, 11) is 1.55. The van der Waals surface area contributed by atoms with Crippen LogP contribution in [0.1, 0.15) is 33.3 Å². The maximum absolute atomic E-state index is 9.60. The second kappa shape index (κ2) is 6.48. The highest BCUT2D eigenvalue weighted by Gasteiger charge is 2.52. The van der Waals surface area contributed by atoms with Gasteiger partial charge in [-0.25, -0.2) is 0 Å². The molecule has 2 aromatic rings. The summed E-state index contributed by atoms with van der Waals surface area (Å²) in [6.45, 7) is 8.93. The normalized spacial score (nSPS) is 19.6. The number of phenols is 1. The Bertz CT molecular complexity index is 798. The lowest BCUT2D eigenvalue weighted by Crippen LogP contribution is -2.41. The van der Waals surface area contributed by atoms with Gasteiger partial charge in [-0.1, -0.05) is 24.3 Å². The Labute approximate surface area is 150 Å². The van der Waals surface area contributed by atoms with Gasteiger partial charge in [0.1, 0.15) is 5.75 Å². The van der Waals surface area contributed by atoms with E-state index in [2.05, 4.69) is 45.2 Å². The van der Waals surface area contributed by atoms with E-state index in [9.17, 15) is 5.11 Å². The number of hydrogen-bond acceptors (Lipinski definition) is 4. The Morgan fingerprint density at radius 1 is 1.04 bits per heavy atom. The van der Waals surface area contributed by atoms with Gasteiger partial charge in [0.15, 0.2) is 0 Å². The lowest BCUT2D eigenvalue weighted by atomic mass is 9.77. The lowest BCUT2D eigenvalue weighted by molar-refractivity contribution is 0.00578. The van der Waals surface area contributed by atoms with E-state index in [-0.39, 0.29) is 24.1 Å². The van der Waals surface area contributed by atoms with Gasteiger partial charge in [0, 0.05) is 6.54 Å². The Kier molecular flexibility index (Phi) is 4.67. The predicted molar refractivity (Wildman–Crippen MR) is 104 cm³/mol. The third-order valence-electron chi connectivity index (χ3n) is 5.14. The second-order valence-electron chi connectivity index (χ2n) is 7.63. The minimum atomic E-state index is -0.368. The van der Waals surface area contributed by atoms with Gasteiger partial charge in [-0.05, 0) is 74.8 Å². The van der Waals surface area contributed by atoms with Gasteiger partial charge in [-0.15, -0.1) is 0 Å². The molecule has 1 heterocycles. The van der Waals surface area contributed by atoms with Crippen molar-refractivity contribution < 1.29 is 14.4 Å². The molecule has 4 nitrogen and oxygen atoms in total. The molecule has 1 fully saturated rings. The Morgan fingerprint density at radius 3 is 2.28 bits per heavy atom. The first kappa shape index (κ1) is 18.0. The molecular formula is C20H26BNO3. The third kappa shape index (κ3) is 3.59. The smallest absolute Gasteiger partial charge is 0.491 e. The zero-order valence-electron chi connectivity index (χ0n) is 15.6. The average Bonchev–Trinajstić information content (AvgIpc) is 2.75. The third-order valence-corrected chi connectivity index (χ3v) is 5.14. The first-order chi connectivity index (χ1) is 11.7. The van der Waals surface area contributed by atoms with E-state index < -0.39 is 0 Å². The molecular weight excluding hydrogens is 313 g/mol. The number of fused-ring (bicyclic) bond motifs is 1. The zero-order chi connectivity index (χ0) is 18.2. The van der Waals surface area contributed by atoms with E-state index in [0.717, 1.165) is 21.8 Å². The van der Waals surface area contributed by atoms with E-state index in [4.69, 9.17) is 9.31 Å². The molecule has 0 aliphatic carbocycles. The summed E-state index contributed by atoms with van der Waals surface area (Å²) in [4.78, 5) is 0. The highest BCUT2D eigenvalue weighted by atomic mass is 16.7. The molecule has 0 unspecified atom stereocenters. The Balaban J connectivity index is 1.94. The molecule has 3 rings (SSSR count). The maximum Gasteiger partial charge on any atom is 0.491 e. The van der Waals surface area contributed by atoms with Crippen molar-refractivity contribution >= 4 is 24.0 Å². The van der Waals surface area contributed by atoms with Crippen LogP contribution in [-0.2, 0) is 9.31 Å². The monoisotopic (exact) mass is 339 g/mol. The van der Waals surface area contributed by atoms with Crippen LogP contribution in [0.5, 0.6) is 5.75 Å². The summed E-state index contributed by atoms with van der Waals surface area (Å²) in [6.07, 6.45) is 2.12. The van der Waals surface area contributed by atoms with Gasteiger partial charge in [-0.2, -0.15) is 0 Å². The van der Waals surface area contributed by atoms with Crippen LogP contribution in [0.3, 0.4) is 0 Å². The van der Waals surface area contributed by atoms with E-state index in [1.807, 2.05) is 25.2 Å². The summed E-state index contributed by atoms with van der Waals surface area (Å²) in [5, 5.41) is 14.9. The fourth-order valence-electron chi connectivity index (χ4n) is 2.96. The van der Waals surface area contributed by atoms with Crippen LogP contribution < -0.4 is 5.32 Å². The van der Waals surface area contributed by atoms with E-state index in [1.165, 1.54) is 0 Å². The minimum Gasteiger partial charge on any atom is -0.508 e. The molecule has 0 bridgehead atoms. The van der Waals surface area contributed by atoms with Crippen LogP contribution in [0.25, 0.3) is 16.8 Å². The maximum atomic E-state index is 9.60. The van der Waals surface area contributed by atoms with Crippen LogP contribution in [0.15, 0.2) is 41.9 Å². The van der Waals surface area contributed by atoms with Crippen molar-refractivity contribution in [2.45, 2.75) is 38.9 Å². The molecule has 0 spiro atoms. The number of phenolic OH excluding ortho intramolecular Hbond substituents is 1. The predicted octanol–water partition coefficient (Wildman–Crippen LogP) is 3.78. The molecule has 0 aromatic heterocycles. The number of nitrogens with one attached hydrogen (secondary N) is 1. The Hall–Kier alpha value is -1.82. The molecule has 0 amide bonds. The number of aromatic hydroxyl groups is 1. The summed E-state index contributed by atoms with van der Waals surface area (Å²) < 4.78 is 12.4. The van der Waals surface area contributed by atoms with Crippen molar-refractivity contribution in [1.82, 2.24) is 5.32 Å². The average molecular weight is 339 g/mol. The molecule has 0 radical (unpaired) electrons. The fraction of sp³-hybridized carbons (Fsp3) is 0.400. The number of hydrogen-bond donors (Lipinski definition) is 2. The quantitative estimate of drug-likeness (QED) is 0.833. The van der Waals surface area contributed by atoms with Crippen LogP contribution in [0, 0.1) is 0 Å². The van der Waals surface area contributed by atoms with Crippen LogP contribution in [-0.4, -0.2) is 37.0 Å². The van der Waals surface area contributed by atoms with Crippen molar-refractivity contribution in [3.05, 3.63) is 47.4 Å². The molecule has 1 aliphatic rings. The van der Waals surface area contributed by atoms with Crippen molar-refractivity contribution in [3.8, 4) is 5.75 Å². The molecule has 1 aliphatic heterocycles. The molecule has 0 atom stereocenters. The van der Waals surface area contributed by atoms with Gasteiger partial charge in [0.05, 0.1) is 11.2 Å². The lowest BCUT2D eigenvalue weighted by Gasteiger charge is -2.32. The van der Waals surface area contributed by atoms with Crippen LogP contribution in [0.2, 0.25) is 0 Å². The van der Waals surface area contributed by atoms with Crippen LogP contribution >= 0.6 is 0 Å². The molecule has 2 aromatic carbocycles. The highest BCUT2D eigenvalue weighted by Crippen LogP contribution is 2.38. The first-order valence-corrected chi connectivity index (χ1v) is 8.65. The molecule has 0 saturated carbocycles. The van der Waals surface area contributed by atoms with E-state index >= 15 is 0 Å². The SMILES string of the molecule is CNCC(=Cc1ccc2cc(O)ccc2c1)B1OC(C)(C)C(C)(C)O1. The van der Waals surface area contributed by atoms with Crippen molar-refractivity contribution in [3.63, 3.8) is 0 Å². The largest absolute Gasteiger partial charge is 0.508 e. The van der Waals surface area contributed by atoms with Gasteiger partial charge in [-0.3, -0.25) is 0 Å². The number of rotatable bonds is 4. The van der Waals surface area contributed by atoms with Gasteiger partial charge in [0.2, 0.25) is 0 Å². The topological polar surface area (TPSA) is 50.7 Å². The minimum absolute atomic E-state index is 0.281. The number of likely N-dealkylation sites (N-methyl/N-ethyl adjacent to an activating group) is 1. The Morgan fingerprint density at radius 2 is 1.64 bits per heavy atom. The van der Waals surface area contributed by atoms with E-state index in [1.54, 1.807) is 12.1 Å². The molecule has 2 N–H and O–H groups in total. The van der Waals surface area contributed by atoms with Crippen molar-refractivity contribution in [2.75, 3.05) is 13.6 Å². The molecule has 132 valence electrons. The van der Waals surface area contributed by atoms with Gasteiger partial charge >= 0.3 is 7.12 Å². The molecule has 25 heavy (non-hydrogen) atoms. The number of benzene rings is 2. The fourth-order valence-corrected chi connectivity index (χ4v) is 2.96. The molecule has 1 saturated heterocycles. The summed E-state index contributed by atoms with van der Waals surface area (Å²) in [5.41, 5.74) is 1.43. The molecule has 5 heteroatoms. The highest BCUT2D eigenvalue weighted by molar-refractivity contribution is 6.55. The second-order valence-corrected chi connectivity index (χ2v) is 7.63. The summed E-state index contributed by atoms with van der Waals surface area (Å²) >= 11 is 0. The zero-order valence-corrected chi connectivity index (χ0v) is 15.6. The van der Waals surface area contributed by atoms with Crippen molar-refractivity contribution in [1.29, 1.82) is 0 Å². The van der Waals surface area contributed by atoms with Crippen molar-refractivity contribution in [2.24, 2.45) is 0 Å². The summed E-state index contributed by atoms with van der Waals surface area (Å²) in [6, 6.07) is 11.6. The standard InChI is InChI=1S/C20H26BNO3/c1-19(2)20(3,4)25-21(24-19)17(13-22-5)11-14-6-7-16-12-18(23)9-8-15(16)10-14/h6-12,22-23H,13H2,1-5H3. The van der Waals surface area contributed by atoms with E-state index in [0.29, 0.717) is 6.54 Å².